The van der Waals surface area contributed by atoms with Gasteiger partial charge in [-0.3, -0.25) is 4.79 Å². The number of hydrogen-bond acceptors (Lipinski definition) is 4. The summed E-state index contributed by atoms with van der Waals surface area (Å²) in [5.41, 5.74) is 0. The van der Waals surface area contributed by atoms with Crippen molar-refractivity contribution < 1.29 is 4.79 Å². The maximum Gasteiger partial charge on any atom is 0.221 e. The molecule has 0 aromatic carbocycles. The monoisotopic (exact) mass is 248 g/mol. The third-order valence-corrected chi connectivity index (χ3v) is 4.52. The zero-order valence-electron chi connectivity index (χ0n) is 9.41. The molecular weight excluding hydrogens is 228 g/mol. The molecule has 0 aliphatic carbocycles. The summed E-state index contributed by atoms with van der Waals surface area (Å²) in [6, 6.07) is 0.369. The SMILES string of the molecule is CS[C@H](C)CNC(=O)C[C@@H]1CSCCN1. The number of amides is 1. The molecule has 1 heterocycles. The minimum absolute atomic E-state index is 0.177. The molecule has 1 saturated heterocycles. The summed E-state index contributed by atoms with van der Waals surface area (Å²) in [7, 11) is 0. The Morgan fingerprint density at radius 1 is 1.73 bits per heavy atom. The van der Waals surface area contributed by atoms with E-state index >= 15 is 0 Å². The first-order valence-corrected chi connectivity index (χ1v) is 7.77. The van der Waals surface area contributed by atoms with Crippen molar-refractivity contribution in [1.29, 1.82) is 0 Å². The van der Waals surface area contributed by atoms with E-state index < -0.39 is 0 Å². The standard InChI is InChI=1S/C10H20N2OS2/c1-8(14-2)6-12-10(13)5-9-7-15-4-3-11-9/h8-9,11H,3-7H2,1-2H3,(H,12,13)/t8-,9-/m1/s1. The molecule has 0 bridgehead atoms. The van der Waals surface area contributed by atoms with Gasteiger partial charge in [0.25, 0.3) is 0 Å². The third-order valence-electron chi connectivity index (χ3n) is 2.42. The second-order valence-corrected chi connectivity index (χ2v) is 6.21. The lowest BCUT2D eigenvalue weighted by atomic mass is 10.2. The first-order chi connectivity index (χ1) is 7.22. The van der Waals surface area contributed by atoms with Crippen molar-refractivity contribution in [2.24, 2.45) is 0 Å². The highest BCUT2D eigenvalue weighted by atomic mass is 32.2. The fourth-order valence-corrected chi connectivity index (χ4v) is 2.59. The molecule has 88 valence electrons. The van der Waals surface area contributed by atoms with Crippen LogP contribution in [0.5, 0.6) is 0 Å². The first kappa shape index (κ1) is 13.2. The highest BCUT2D eigenvalue weighted by molar-refractivity contribution is 7.99. The van der Waals surface area contributed by atoms with Crippen LogP contribution in [0, 0.1) is 0 Å². The second kappa shape index (κ2) is 7.41. The van der Waals surface area contributed by atoms with Crippen LogP contribution in [-0.4, -0.2) is 48.0 Å². The third kappa shape index (κ3) is 5.68. The second-order valence-electron chi connectivity index (χ2n) is 3.78. The van der Waals surface area contributed by atoms with Crippen LogP contribution >= 0.6 is 23.5 Å². The molecule has 2 N–H and O–H groups in total. The van der Waals surface area contributed by atoms with Crippen LogP contribution in [0.2, 0.25) is 0 Å². The quantitative estimate of drug-likeness (QED) is 0.760. The van der Waals surface area contributed by atoms with Crippen molar-refractivity contribution in [2.75, 3.05) is 30.9 Å². The maximum atomic E-state index is 11.6. The summed E-state index contributed by atoms with van der Waals surface area (Å²) in [6.45, 7) is 3.93. The normalized spacial score (nSPS) is 23.5. The Hall–Kier alpha value is 0.130. The smallest absolute Gasteiger partial charge is 0.221 e. The van der Waals surface area contributed by atoms with Crippen molar-refractivity contribution in [3.05, 3.63) is 0 Å². The van der Waals surface area contributed by atoms with E-state index in [9.17, 15) is 4.79 Å². The van der Waals surface area contributed by atoms with Crippen LogP contribution < -0.4 is 10.6 Å². The molecule has 1 fully saturated rings. The number of thioether (sulfide) groups is 2. The lowest BCUT2D eigenvalue weighted by Crippen LogP contribution is -2.42. The summed E-state index contributed by atoms with van der Waals surface area (Å²) in [5, 5.41) is 6.84. The molecule has 1 aliphatic rings. The fourth-order valence-electron chi connectivity index (χ4n) is 1.39. The zero-order chi connectivity index (χ0) is 11.1. The molecule has 2 atom stereocenters. The average Bonchev–Trinajstić information content (AvgIpc) is 2.27. The number of nitrogens with one attached hydrogen (secondary N) is 2. The molecule has 0 aromatic rings. The van der Waals surface area contributed by atoms with Crippen molar-refractivity contribution in [3.8, 4) is 0 Å². The highest BCUT2D eigenvalue weighted by Gasteiger charge is 2.16. The summed E-state index contributed by atoms with van der Waals surface area (Å²) >= 11 is 3.71. The molecule has 0 unspecified atom stereocenters. The Morgan fingerprint density at radius 2 is 2.53 bits per heavy atom. The van der Waals surface area contributed by atoms with Gasteiger partial charge < -0.3 is 10.6 Å². The van der Waals surface area contributed by atoms with Crippen LogP contribution in [0.4, 0.5) is 0 Å². The Bertz CT molecular complexity index is 196. The summed E-state index contributed by atoms with van der Waals surface area (Å²) < 4.78 is 0. The molecule has 5 heteroatoms. The van der Waals surface area contributed by atoms with Gasteiger partial charge in [0.1, 0.15) is 0 Å². The van der Waals surface area contributed by atoms with Gasteiger partial charge in [-0.15, -0.1) is 0 Å². The van der Waals surface area contributed by atoms with E-state index in [1.807, 2.05) is 11.8 Å². The van der Waals surface area contributed by atoms with E-state index in [0.717, 1.165) is 18.8 Å². The highest BCUT2D eigenvalue weighted by Crippen LogP contribution is 2.10. The Balaban J connectivity index is 2.11. The van der Waals surface area contributed by atoms with Crippen molar-refractivity contribution in [3.63, 3.8) is 0 Å². The average molecular weight is 248 g/mol. The van der Waals surface area contributed by atoms with E-state index in [1.54, 1.807) is 11.8 Å². The molecule has 15 heavy (non-hydrogen) atoms. The number of carbonyl (C=O) groups excluding carboxylic acids is 1. The van der Waals surface area contributed by atoms with E-state index in [4.69, 9.17) is 0 Å². The van der Waals surface area contributed by atoms with Gasteiger partial charge in [-0.1, -0.05) is 6.92 Å². The van der Waals surface area contributed by atoms with Gasteiger partial charge in [0.2, 0.25) is 5.91 Å². The summed E-state index contributed by atoms with van der Waals surface area (Å²) in [5.74, 6) is 2.41. The predicted octanol–water partition coefficient (Wildman–Crippen LogP) is 0.949. The van der Waals surface area contributed by atoms with Gasteiger partial charge in [-0.25, -0.2) is 0 Å². The molecule has 0 spiro atoms. The van der Waals surface area contributed by atoms with Gasteiger partial charge >= 0.3 is 0 Å². The van der Waals surface area contributed by atoms with Crippen molar-refractivity contribution >= 4 is 29.4 Å². The van der Waals surface area contributed by atoms with Gasteiger partial charge in [0.15, 0.2) is 0 Å². The van der Waals surface area contributed by atoms with Crippen LogP contribution in [0.15, 0.2) is 0 Å². The fraction of sp³-hybridized carbons (Fsp3) is 0.900. The topological polar surface area (TPSA) is 41.1 Å². The lowest BCUT2D eigenvalue weighted by molar-refractivity contribution is -0.121. The van der Waals surface area contributed by atoms with E-state index in [1.165, 1.54) is 5.75 Å². The predicted molar refractivity (Wildman–Crippen MR) is 69.7 cm³/mol. The molecule has 1 rings (SSSR count). The molecular formula is C10H20N2OS2. The molecule has 0 radical (unpaired) electrons. The maximum absolute atomic E-state index is 11.6. The zero-order valence-corrected chi connectivity index (χ0v) is 11.0. The van der Waals surface area contributed by atoms with Crippen LogP contribution in [0.25, 0.3) is 0 Å². The van der Waals surface area contributed by atoms with Gasteiger partial charge in [-0.05, 0) is 6.26 Å². The van der Waals surface area contributed by atoms with Gasteiger partial charge in [0.05, 0.1) is 0 Å². The number of hydrogen-bond donors (Lipinski definition) is 2. The number of rotatable bonds is 5. The largest absolute Gasteiger partial charge is 0.355 e. The van der Waals surface area contributed by atoms with Gasteiger partial charge in [-0.2, -0.15) is 23.5 Å². The first-order valence-electron chi connectivity index (χ1n) is 5.33. The lowest BCUT2D eigenvalue weighted by Gasteiger charge is -2.22. The Morgan fingerprint density at radius 3 is 3.13 bits per heavy atom. The Kier molecular flexibility index (Phi) is 6.52. The molecule has 0 aromatic heterocycles. The molecule has 3 nitrogen and oxygen atoms in total. The van der Waals surface area contributed by atoms with E-state index in [2.05, 4.69) is 23.8 Å². The van der Waals surface area contributed by atoms with Crippen LogP contribution in [0.1, 0.15) is 13.3 Å². The van der Waals surface area contributed by atoms with Crippen LogP contribution in [-0.2, 0) is 4.79 Å². The van der Waals surface area contributed by atoms with Crippen molar-refractivity contribution in [2.45, 2.75) is 24.6 Å². The Labute approximate surface area is 101 Å². The van der Waals surface area contributed by atoms with Crippen LogP contribution in [0.3, 0.4) is 0 Å². The molecule has 1 aliphatic heterocycles. The minimum Gasteiger partial charge on any atom is -0.355 e. The summed E-state index contributed by atoms with van der Waals surface area (Å²) in [6.07, 6.45) is 2.68. The molecule has 1 amide bonds. The van der Waals surface area contributed by atoms with E-state index in [0.29, 0.717) is 17.7 Å². The van der Waals surface area contributed by atoms with Crippen molar-refractivity contribution in [1.82, 2.24) is 10.6 Å². The minimum atomic E-state index is 0.177. The summed E-state index contributed by atoms with van der Waals surface area (Å²) in [4.78, 5) is 11.6. The van der Waals surface area contributed by atoms with Gasteiger partial charge in [0, 0.05) is 42.3 Å². The number of carbonyl (C=O) groups is 1. The molecule has 0 saturated carbocycles. The van der Waals surface area contributed by atoms with E-state index in [-0.39, 0.29) is 5.91 Å².